The zero-order valence-electron chi connectivity index (χ0n) is 11.7. The number of rotatable bonds is 6. The van der Waals surface area contributed by atoms with Gasteiger partial charge in [-0.2, -0.15) is 0 Å². The Labute approximate surface area is 112 Å². The van der Waals surface area contributed by atoms with Gasteiger partial charge in [0.1, 0.15) is 11.4 Å². The third-order valence-corrected chi connectivity index (χ3v) is 3.41. The van der Waals surface area contributed by atoms with E-state index in [1.54, 1.807) is 19.9 Å². The molecule has 0 unspecified atom stereocenters. The Morgan fingerprint density at radius 2 is 1.95 bits per heavy atom. The molecule has 0 bridgehead atoms. The number of aryl methyl sites for hydroxylation is 1. The van der Waals surface area contributed by atoms with Gasteiger partial charge in [0, 0.05) is 11.6 Å². The van der Waals surface area contributed by atoms with Crippen LogP contribution in [0.1, 0.15) is 37.8 Å². The summed E-state index contributed by atoms with van der Waals surface area (Å²) in [4.78, 5) is 21.7. The van der Waals surface area contributed by atoms with Crippen molar-refractivity contribution in [3.8, 4) is 0 Å². The minimum absolute atomic E-state index is 0.0542. The quantitative estimate of drug-likeness (QED) is 0.474. The summed E-state index contributed by atoms with van der Waals surface area (Å²) in [5.41, 5.74) is 1.53. The number of nitro benzene ring substituents is 1. The third-order valence-electron chi connectivity index (χ3n) is 3.41. The molecule has 0 radical (unpaired) electrons. The smallest absolute Gasteiger partial charge is 0.297 e. The highest BCUT2D eigenvalue weighted by Crippen LogP contribution is 2.39. The van der Waals surface area contributed by atoms with Crippen LogP contribution < -0.4 is 5.32 Å². The van der Waals surface area contributed by atoms with Gasteiger partial charge in [-0.15, -0.1) is 4.91 Å². The molecule has 1 aromatic rings. The van der Waals surface area contributed by atoms with Gasteiger partial charge in [0.15, 0.2) is 0 Å². The van der Waals surface area contributed by atoms with Crippen molar-refractivity contribution in [3.63, 3.8) is 0 Å². The van der Waals surface area contributed by atoms with Crippen LogP contribution in [-0.2, 0) is 0 Å². The SMILES string of the molecule is CCC(CC)Nc1c(N=O)cc(C)c(C)c1[N+](=O)[O-]. The molecular formula is C13H19N3O3. The molecule has 0 heterocycles. The summed E-state index contributed by atoms with van der Waals surface area (Å²) in [6.07, 6.45) is 1.64. The summed E-state index contributed by atoms with van der Waals surface area (Å²) in [7, 11) is 0. The number of nitro groups is 1. The molecule has 1 rings (SSSR count). The molecular weight excluding hydrogens is 246 g/mol. The molecule has 0 fully saturated rings. The molecule has 0 aliphatic heterocycles. The van der Waals surface area contributed by atoms with Crippen LogP contribution in [0.2, 0.25) is 0 Å². The van der Waals surface area contributed by atoms with E-state index in [4.69, 9.17) is 0 Å². The van der Waals surface area contributed by atoms with E-state index < -0.39 is 4.92 Å². The lowest BCUT2D eigenvalue weighted by molar-refractivity contribution is -0.384. The third kappa shape index (κ3) is 3.07. The number of nitroso groups, excluding NO2 is 1. The van der Waals surface area contributed by atoms with Gasteiger partial charge >= 0.3 is 0 Å². The second kappa shape index (κ2) is 6.26. The fourth-order valence-electron chi connectivity index (χ4n) is 2.02. The van der Waals surface area contributed by atoms with Crippen LogP contribution in [0.25, 0.3) is 0 Å². The molecule has 0 aromatic heterocycles. The zero-order chi connectivity index (χ0) is 14.6. The first-order chi connectivity index (χ1) is 8.96. The molecule has 0 atom stereocenters. The van der Waals surface area contributed by atoms with Crippen molar-refractivity contribution < 1.29 is 4.92 Å². The summed E-state index contributed by atoms with van der Waals surface area (Å²) in [6.45, 7) is 7.39. The van der Waals surface area contributed by atoms with Gasteiger partial charge in [-0.25, -0.2) is 0 Å². The first kappa shape index (κ1) is 15.1. The Hall–Kier alpha value is -1.98. The first-order valence-corrected chi connectivity index (χ1v) is 6.34. The molecule has 1 N–H and O–H groups in total. The summed E-state index contributed by atoms with van der Waals surface area (Å²) >= 11 is 0. The van der Waals surface area contributed by atoms with Gasteiger partial charge in [-0.1, -0.05) is 13.8 Å². The highest BCUT2D eigenvalue weighted by molar-refractivity contribution is 5.80. The molecule has 1 aromatic carbocycles. The maximum absolute atomic E-state index is 11.2. The summed E-state index contributed by atoms with van der Waals surface area (Å²) < 4.78 is 0. The van der Waals surface area contributed by atoms with Crippen LogP contribution in [0.4, 0.5) is 17.1 Å². The number of anilines is 1. The molecule has 6 nitrogen and oxygen atoms in total. The molecule has 0 saturated heterocycles. The number of nitrogens with one attached hydrogen (secondary N) is 1. The second-order valence-electron chi connectivity index (χ2n) is 4.57. The van der Waals surface area contributed by atoms with Gasteiger partial charge in [0.25, 0.3) is 5.69 Å². The van der Waals surface area contributed by atoms with Crippen molar-refractivity contribution in [2.45, 2.75) is 46.6 Å². The number of nitrogens with zero attached hydrogens (tertiary/aromatic N) is 2. The van der Waals surface area contributed by atoms with E-state index in [1.165, 1.54) is 0 Å². The highest BCUT2D eigenvalue weighted by atomic mass is 16.6. The van der Waals surface area contributed by atoms with E-state index in [0.29, 0.717) is 11.1 Å². The molecule has 0 amide bonds. The van der Waals surface area contributed by atoms with Crippen molar-refractivity contribution in [3.05, 3.63) is 32.2 Å². The van der Waals surface area contributed by atoms with Gasteiger partial charge in [0.05, 0.1) is 4.92 Å². The summed E-state index contributed by atoms with van der Waals surface area (Å²) in [5.74, 6) is 0. The standard InChI is InChI=1S/C13H19N3O3/c1-5-10(6-2)14-12-11(15-17)7-8(3)9(4)13(12)16(18)19/h7,10,14H,5-6H2,1-4H3. The van der Waals surface area contributed by atoms with Crippen LogP contribution in [0.5, 0.6) is 0 Å². The highest BCUT2D eigenvalue weighted by Gasteiger charge is 2.25. The lowest BCUT2D eigenvalue weighted by Crippen LogP contribution is -2.18. The van der Waals surface area contributed by atoms with Crippen LogP contribution in [0.15, 0.2) is 11.2 Å². The molecule has 0 aliphatic carbocycles. The minimum Gasteiger partial charge on any atom is -0.375 e. The van der Waals surface area contributed by atoms with Crippen molar-refractivity contribution in [2.24, 2.45) is 5.18 Å². The largest absolute Gasteiger partial charge is 0.375 e. The van der Waals surface area contributed by atoms with Gasteiger partial charge < -0.3 is 5.32 Å². The van der Waals surface area contributed by atoms with Gasteiger partial charge in [0.2, 0.25) is 0 Å². The molecule has 104 valence electrons. The molecule has 0 aliphatic rings. The van der Waals surface area contributed by atoms with Crippen molar-refractivity contribution >= 4 is 17.1 Å². The fourth-order valence-corrected chi connectivity index (χ4v) is 2.02. The normalized spacial score (nSPS) is 10.6. The van der Waals surface area contributed by atoms with Gasteiger partial charge in [-0.3, -0.25) is 10.1 Å². The number of hydrogen-bond acceptors (Lipinski definition) is 5. The topological polar surface area (TPSA) is 84.6 Å². The molecule has 6 heteroatoms. The average Bonchev–Trinajstić information content (AvgIpc) is 2.38. The first-order valence-electron chi connectivity index (χ1n) is 6.34. The molecule has 19 heavy (non-hydrogen) atoms. The molecule has 0 spiro atoms. The van der Waals surface area contributed by atoms with Crippen LogP contribution in [0.3, 0.4) is 0 Å². The number of benzene rings is 1. The van der Waals surface area contributed by atoms with E-state index in [1.807, 2.05) is 13.8 Å². The zero-order valence-corrected chi connectivity index (χ0v) is 11.7. The van der Waals surface area contributed by atoms with Crippen molar-refractivity contribution in [2.75, 3.05) is 5.32 Å². The maximum atomic E-state index is 11.2. The predicted molar refractivity (Wildman–Crippen MR) is 76.0 cm³/mol. The van der Waals surface area contributed by atoms with Crippen molar-refractivity contribution in [1.82, 2.24) is 0 Å². The van der Waals surface area contributed by atoms with Crippen molar-refractivity contribution in [1.29, 1.82) is 0 Å². The maximum Gasteiger partial charge on any atom is 0.297 e. The lowest BCUT2D eigenvalue weighted by atomic mass is 10.0. The number of hydrogen-bond donors (Lipinski definition) is 1. The summed E-state index contributed by atoms with van der Waals surface area (Å²) in [6, 6.07) is 1.67. The van der Waals surface area contributed by atoms with E-state index in [9.17, 15) is 15.0 Å². The average molecular weight is 265 g/mol. The fraction of sp³-hybridized carbons (Fsp3) is 0.538. The van der Waals surface area contributed by atoms with Crippen LogP contribution in [0, 0.1) is 28.9 Å². The van der Waals surface area contributed by atoms with Crippen LogP contribution in [-0.4, -0.2) is 11.0 Å². The van der Waals surface area contributed by atoms with E-state index in [-0.39, 0.29) is 23.1 Å². The monoisotopic (exact) mass is 265 g/mol. The van der Waals surface area contributed by atoms with E-state index in [2.05, 4.69) is 10.5 Å². The van der Waals surface area contributed by atoms with Gasteiger partial charge in [-0.05, 0) is 43.5 Å². The lowest BCUT2D eigenvalue weighted by Gasteiger charge is -2.18. The summed E-state index contributed by atoms with van der Waals surface area (Å²) in [5, 5.41) is 17.2. The van der Waals surface area contributed by atoms with E-state index in [0.717, 1.165) is 12.8 Å². The van der Waals surface area contributed by atoms with Crippen LogP contribution >= 0.6 is 0 Å². The Morgan fingerprint density at radius 3 is 2.37 bits per heavy atom. The molecule has 0 saturated carbocycles. The predicted octanol–water partition coefficient (Wildman–Crippen LogP) is 4.21. The Morgan fingerprint density at radius 1 is 1.37 bits per heavy atom. The second-order valence-corrected chi connectivity index (χ2v) is 4.57. The Kier molecular flexibility index (Phi) is 4.97. The Bertz CT molecular complexity index is 496. The minimum atomic E-state index is -0.457. The van der Waals surface area contributed by atoms with E-state index >= 15 is 0 Å². The Balaban J connectivity index is 3.44.